The minimum atomic E-state index is -4.11. The SMILES string of the molecule is COc1ccc(CN2C[C@@H](O)CNS(=O)(=O)c3ccc(-c4ccccc4F)cc3OCC3(C[C@@H](O)[C@@H](O)C3)C2)cc1. The van der Waals surface area contributed by atoms with Gasteiger partial charge in [-0.1, -0.05) is 36.4 Å². The number of sulfonamides is 1. The quantitative estimate of drug-likeness (QED) is 0.367. The lowest BCUT2D eigenvalue weighted by Crippen LogP contribution is -2.46. The number of hydrogen-bond donors (Lipinski definition) is 4. The van der Waals surface area contributed by atoms with Crippen molar-refractivity contribution in [2.45, 2.75) is 42.6 Å². The summed E-state index contributed by atoms with van der Waals surface area (Å²) < 4.78 is 55.2. The van der Waals surface area contributed by atoms with Crippen molar-refractivity contribution in [2.75, 3.05) is 33.4 Å². The summed E-state index contributed by atoms with van der Waals surface area (Å²) in [6.45, 7) is 0.671. The number of ether oxygens (including phenoxy) is 2. The number of hydrogen-bond acceptors (Lipinski definition) is 8. The zero-order valence-corrected chi connectivity index (χ0v) is 23.6. The Hall–Kier alpha value is -3.06. The topological polar surface area (TPSA) is 129 Å². The summed E-state index contributed by atoms with van der Waals surface area (Å²) in [5.41, 5.74) is 0.914. The van der Waals surface area contributed by atoms with Crippen molar-refractivity contribution in [3.05, 3.63) is 78.1 Å². The summed E-state index contributed by atoms with van der Waals surface area (Å²) in [6, 6.07) is 18.0. The van der Waals surface area contributed by atoms with Gasteiger partial charge in [-0.2, -0.15) is 0 Å². The number of methoxy groups -OCH3 is 1. The van der Waals surface area contributed by atoms with Gasteiger partial charge in [0.15, 0.2) is 0 Å². The molecule has 0 saturated heterocycles. The highest BCUT2D eigenvalue weighted by molar-refractivity contribution is 7.89. The predicted octanol–water partition coefficient (Wildman–Crippen LogP) is 2.54. The zero-order chi connectivity index (χ0) is 29.2. The number of aliphatic hydroxyl groups excluding tert-OH is 3. The molecule has 220 valence electrons. The second kappa shape index (κ2) is 12.0. The average Bonchev–Trinajstić information content (AvgIpc) is 3.23. The molecule has 1 saturated carbocycles. The number of halogens is 1. The fourth-order valence-corrected chi connectivity index (χ4v) is 6.96. The van der Waals surface area contributed by atoms with Crippen LogP contribution in [0.4, 0.5) is 4.39 Å². The van der Waals surface area contributed by atoms with Crippen molar-refractivity contribution < 1.29 is 37.6 Å². The first-order valence-corrected chi connectivity index (χ1v) is 15.0. The molecule has 1 fully saturated rings. The standard InChI is InChI=1S/C30H35FN2O7S/c1-39-23-9-6-20(7-10-23)16-33-17-22(34)15-32-41(37,38)29-11-8-21(24-4-2-3-5-25(24)31)12-28(29)40-19-30(18-33)13-26(35)27(36)14-30/h2-12,22,26-27,32,34-36H,13-19H2,1H3/t22-,26-,27+,30?/m0/s1. The van der Waals surface area contributed by atoms with Gasteiger partial charge in [-0.15, -0.1) is 0 Å². The third-order valence-electron chi connectivity index (χ3n) is 7.78. The van der Waals surface area contributed by atoms with Gasteiger partial charge in [-0.3, -0.25) is 4.90 Å². The molecule has 0 amide bonds. The molecule has 41 heavy (non-hydrogen) atoms. The van der Waals surface area contributed by atoms with Crippen LogP contribution < -0.4 is 14.2 Å². The third kappa shape index (κ3) is 6.72. The predicted molar refractivity (Wildman–Crippen MR) is 150 cm³/mol. The molecule has 4 atom stereocenters. The number of fused-ring (bicyclic) bond motifs is 1. The zero-order valence-electron chi connectivity index (χ0n) is 22.7. The van der Waals surface area contributed by atoms with Crippen LogP contribution in [0, 0.1) is 11.2 Å². The maximum atomic E-state index is 14.6. The first-order valence-electron chi connectivity index (χ1n) is 13.5. The molecule has 4 N–H and O–H groups in total. The smallest absolute Gasteiger partial charge is 0.244 e. The van der Waals surface area contributed by atoms with Crippen molar-refractivity contribution in [3.8, 4) is 22.6 Å². The van der Waals surface area contributed by atoms with Gasteiger partial charge < -0.3 is 24.8 Å². The molecule has 1 aliphatic heterocycles. The van der Waals surface area contributed by atoms with Crippen LogP contribution in [0.15, 0.2) is 71.6 Å². The van der Waals surface area contributed by atoms with Gasteiger partial charge in [-0.05, 0) is 54.3 Å². The maximum absolute atomic E-state index is 14.6. The van der Waals surface area contributed by atoms with E-state index >= 15 is 0 Å². The number of benzene rings is 3. The first kappa shape index (κ1) is 29.4. The Kier molecular flexibility index (Phi) is 8.65. The van der Waals surface area contributed by atoms with Gasteiger partial charge in [0, 0.05) is 37.2 Å². The molecular weight excluding hydrogens is 551 g/mol. The highest BCUT2D eigenvalue weighted by Gasteiger charge is 2.46. The summed E-state index contributed by atoms with van der Waals surface area (Å²) in [4.78, 5) is 1.84. The van der Waals surface area contributed by atoms with Gasteiger partial charge in [-0.25, -0.2) is 17.5 Å². The van der Waals surface area contributed by atoms with Crippen molar-refractivity contribution in [2.24, 2.45) is 5.41 Å². The van der Waals surface area contributed by atoms with Crippen molar-refractivity contribution in [3.63, 3.8) is 0 Å². The molecule has 1 unspecified atom stereocenters. The van der Waals surface area contributed by atoms with Crippen molar-refractivity contribution >= 4 is 10.0 Å². The summed E-state index contributed by atoms with van der Waals surface area (Å²) in [6.07, 6.45) is -2.56. The molecule has 5 rings (SSSR count). The third-order valence-corrected chi connectivity index (χ3v) is 9.25. The van der Waals surface area contributed by atoms with Gasteiger partial charge in [0.25, 0.3) is 0 Å². The van der Waals surface area contributed by atoms with E-state index in [9.17, 15) is 28.1 Å². The highest BCUT2D eigenvalue weighted by atomic mass is 32.2. The van der Waals surface area contributed by atoms with E-state index in [1.165, 1.54) is 24.3 Å². The summed E-state index contributed by atoms with van der Waals surface area (Å²) in [7, 11) is -2.53. The van der Waals surface area contributed by atoms with E-state index in [4.69, 9.17) is 9.47 Å². The molecule has 3 aromatic rings. The molecule has 0 radical (unpaired) electrons. The van der Waals surface area contributed by atoms with E-state index in [0.717, 1.165) is 5.56 Å². The van der Waals surface area contributed by atoms with Gasteiger partial charge in [0.05, 0.1) is 32.0 Å². The Labute approximate surface area is 239 Å². The molecule has 9 nitrogen and oxygen atoms in total. The van der Waals surface area contributed by atoms with E-state index in [0.29, 0.717) is 24.4 Å². The van der Waals surface area contributed by atoms with Crippen LogP contribution in [0.3, 0.4) is 0 Å². The van der Waals surface area contributed by atoms with Crippen molar-refractivity contribution in [1.29, 1.82) is 0 Å². The van der Waals surface area contributed by atoms with E-state index in [2.05, 4.69) is 4.72 Å². The minimum Gasteiger partial charge on any atom is -0.497 e. The van der Waals surface area contributed by atoms with Crippen LogP contribution in [0.1, 0.15) is 18.4 Å². The normalized spacial score (nSPS) is 26.9. The van der Waals surface area contributed by atoms with Gasteiger partial charge in [0.2, 0.25) is 10.0 Å². The van der Waals surface area contributed by atoms with Crippen LogP contribution in [0.5, 0.6) is 11.5 Å². The van der Waals surface area contributed by atoms with E-state index in [-0.39, 0.29) is 48.7 Å². The molecular formula is C30H35FN2O7S. The summed E-state index contributed by atoms with van der Waals surface area (Å²) in [5, 5.41) is 32.0. The molecule has 3 aromatic carbocycles. The lowest BCUT2D eigenvalue weighted by Gasteiger charge is -2.37. The molecule has 0 bridgehead atoms. The Morgan fingerprint density at radius 3 is 2.44 bits per heavy atom. The maximum Gasteiger partial charge on any atom is 0.244 e. The van der Waals surface area contributed by atoms with E-state index in [1.54, 1.807) is 25.3 Å². The largest absolute Gasteiger partial charge is 0.497 e. The molecule has 1 spiro atoms. The second-order valence-electron chi connectivity index (χ2n) is 11.0. The Morgan fingerprint density at radius 2 is 1.76 bits per heavy atom. The fourth-order valence-electron chi connectivity index (χ4n) is 5.77. The van der Waals surface area contributed by atoms with Gasteiger partial charge >= 0.3 is 0 Å². The van der Waals surface area contributed by atoms with Crippen LogP contribution in [0.2, 0.25) is 0 Å². The second-order valence-corrected chi connectivity index (χ2v) is 12.7. The van der Waals surface area contributed by atoms with Crippen LogP contribution >= 0.6 is 0 Å². The Bertz CT molecular complexity index is 1460. The number of β-amino-alcohol motifs (C(OH)–C–C–N with tert-alkyl or cyclic N) is 1. The lowest BCUT2D eigenvalue weighted by atomic mass is 9.85. The fraction of sp³-hybridized carbons (Fsp3) is 0.400. The Morgan fingerprint density at radius 1 is 1.05 bits per heavy atom. The monoisotopic (exact) mass is 586 g/mol. The lowest BCUT2D eigenvalue weighted by molar-refractivity contribution is 0.0427. The van der Waals surface area contributed by atoms with Gasteiger partial charge in [0.1, 0.15) is 22.2 Å². The molecule has 0 aromatic heterocycles. The molecule has 1 aliphatic carbocycles. The molecule has 2 aliphatic rings. The van der Waals surface area contributed by atoms with E-state index in [1.807, 2.05) is 29.2 Å². The van der Waals surface area contributed by atoms with Crippen LogP contribution in [-0.4, -0.2) is 80.3 Å². The number of aliphatic hydroxyl groups is 3. The van der Waals surface area contributed by atoms with Crippen LogP contribution in [0.25, 0.3) is 11.1 Å². The first-order chi connectivity index (χ1) is 19.6. The number of nitrogens with one attached hydrogen (secondary N) is 1. The van der Waals surface area contributed by atoms with E-state index < -0.39 is 39.6 Å². The average molecular weight is 587 g/mol. The highest BCUT2D eigenvalue weighted by Crippen LogP contribution is 2.41. The summed E-state index contributed by atoms with van der Waals surface area (Å²) in [5.74, 6) is 0.264. The number of nitrogens with zero attached hydrogens (tertiary/aromatic N) is 1. The Balaban J connectivity index is 1.52. The summed E-state index contributed by atoms with van der Waals surface area (Å²) >= 11 is 0. The van der Waals surface area contributed by atoms with Crippen LogP contribution in [-0.2, 0) is 16.6 Å². The minimum absolute atomic E-state index is 0.0143. The molecule has 1 heterocycles. The number of rotatable bonds is 4. The van der Waals surface area contributed by atoms with Crippen molar-refractivity contribution in [1.82, 2.24) is 9.62 Å². The molecule has 11 heteroatoms.